The molecule has 0 radical (unpaired) electrons. The Balaban J connectivity index is 2.35. The molecule has 0 atom stereocenters. The van der Waals surface area contributed by atoms with Gasteiger partial charge in [-0.2, -0.15) is 0 Å². The number of carbonyl (C=O) groups excluding carboxylic acids is 2. The Morgan fingerprint density at radius 3 is 2.81 bits per heavy atom. The van der Waals surface area contributed by atoms with Crippen LogP contribution in [-0.4, -0.2) is 40.8 Å². The molecule has 1 aliphatic rings. The first kappa shape index (κ1) is 15.4. The Morgan fingerprint density at radius 2 is 2.19 bits per heavy atom. The van der Waals surface area contributed by atoms with Crippen LogP contribution >= 0.6 is 23.4 Å². The number of nitrogens with zero attached hydrogens (tertiary/aromatic N) is 1. The van der Waals surface area contributed by atoms with Gasteiger partial charge in [-0.15, -0.1) is 0 Å². The highest BCUT2D eigenvalue weighted by Crippen LogP contribution is 2.34. The van der Waals surface area contributed by atoms with Crippen molar-refractivity contribution in [1.82, 2.24) is 4.90 Å². The molecule has 1 fully saturated rings. The average molecular weight is 328 g/mol. The SMILES string of the molecule is COc1ccc(Cl)cc1/C=C1/SC(=O)N(CC(=O)O)C1=O. The first-order valence-corrected chi connectivity index (χ1v) is 6.92. The molecule has 0 aromatic heterocycles. The molecule has 1 aromatic rings. The molecule has 21 heavy (non-hydrogen) atoms. The van der Waals surface area contributed by atoms with Crippen molar-refractivity contribution in [2.24, 2.45) is 0 Å². The summed E-state index contributed by atoms with van der Waals surface area (Å²) in [4.78, 5) is 35.1. The van der Waals surface area contributed by atoms with Crippen molar-refractivity contribution in [3.63, 3.8) is 0 Å². The molecule has 2 rings (SSSR count). The van der Waals surface area contributed by atoms with E-state index in [2.05, 4.69) is 0 Å². The molecule has 0 spiro atoms. The summed E-state index contributed by atoms with van der Waals surface area (Å²) in [5, 5.41) is 8.53. The lowest BCUT2D eigenvalue weighted by atomic mass is 10.2. The topological polar surface area (TPSA) is 83.9 Å². The molecule has 0 saturated carbocycles. The first-order valence-electron chi connectivity index (χ1n) is 5.73. The van der Waals surface area contributed by atoms with Crippen LogP contribution < -0.4 is 4.74 Å². The van der Waals surface area contributed by atoms with Crippen LogP contribution in [0.15, 0.2) is 23.1 Å². The van der Waals surface area contributed by atoms with E-state index in [1.165, 1.54) is 13.2 Å². The molecule has 1 aliphatic heterocycles. The van der Waals surface area contributed by atoms with Gasteiger partial charge < -0.3 is 9.84 Å². The second kappa shape index (κ2) is 6.19. The van der Waals surface area contributed by atoms with Crippen LogP contribution in [0.1, 0.15) is 5.56 Å². The molecule has 1 aromatic carbocycles. The zero-order valence-electron chi connectivity index (χ0n) is 10.8. The Morgan fingerprint density at radius 1 is 1.48 bits per heavy atom. The maximum absolute atomic E-state index is 12.0. The van der Waals surface area contributed by atoms with Gasteiger partial charge in [-0.1, -0.05) is 11.6 Å². The largest absolute Gasteiger partial charge is 0.496 e. The zero-order chi connectivity index (χ0) is 15.6. The van der Waals surface area contributed by atoms with Crippen molar-refractivity contribution in [3.05, 3.63) is 33.7 Å². The molecule has 0 aliphatic carbocycles. The summed E-state index contributed by atoms with van der Waals surface area (Å²) >= 11 is 6.57. The molecule has 1 N–H and O–H groups in total. The van der Waals surface area contributed by atoms with Crippen LogP contribution in [-0.2, 0) is 9.59 Å². The minimum Gasteiger partial charge on any atom is -0.496 e. The van der Waals surface area contributed by atoms with Gasteiger partial charge in [0.25, 0.3) is 11.1 Å². The molecule has 0 unspecified atom stereocenters. The summed E-state index contributed by atoms with van der Waals surface area (Å²) in [5.41, 5.74) is 0.533. The Hall–Kier alpha value is -1.99. The van der Waals surface area contributed by atoms with Gasteiger partial charge in [-0.05, 0) is 36.0 Å². The van der Waals surface area contributed by atoms with E-state index in [1.54, 1.807) is 18.2 Å². The Kier molecular flexibility index (Phi) is 4.54. The first-order chi connectivity index (χ1) is 9.92. The number of hydrogen-bond donors (Lipinski definition) is 1. The lowest BCUT2D eigenvalue weighted by molar-refractivity contribution is -0.140. The van der Waals surface area contributed by atoms with Crippen molar-refractivity contribution in [2.45, 2.75) is 0 Å². The maximum atomic E-state index is 12.0. The molecule has 1 saturated heterocycles. The normalized spacial score (nSPS) is 16.7. The predicted octanol–water partition coefficient (Wildman–Crippen LogP) is 2.47. The van der Waals surface area contributed by atoms with E-state index in [0.29, 0.717) is 33.0 Å². The number of benzene rings is 1. The summed E-state index contributed by atoms with van der Waals surface area (Å²) < 4.78 is 5.15. The van der Waals surface area contributed by atoms with Crippen LogP contribution in [0, 0.1) is 0 Å². The Labute approximate surface area is 129 Å². The van der Waals surface area contributed by atoms with Crippen LogP contribution in [0.25, 0.3) is 6.08 Å². The van der Waals surface area contributed by atoms with E-state index in [9.17, 15) is 14.4 Å². The fraction of sp³-hybridized carbons (Fsp3) is 0.154. The summed E-state index contributed by atoms with van der Waals surface area (Å²) in [6, 6.07) is 4.86. The maximum Gasteiger partial charge on any atom is 0.323 e. The minimum absolute atomic E-state index is 0.127. The molecule has 1 heterocycles. The van der Waals surface area contributed by atoms with E-state index in [4.69, 9.17) is 21.4 Å². The van der Waals surface area contributed by atoms with Gasteiger partial charge in [0.2, 0.25) is 0 Å². The highest BCUT2D eigenvalue weighted by Gasteiger charge is 2.36. The number of carboxylic acid groups (broad SMARTS) is 1. The number of aliphatic carboxylic acids is 1. The molecule has 2 amide bonds. The van der Waals surface area contributed by atoms with Gasteiger partial charge in [-0.3, -0.25) is 19.3 Å². The summed E-state index contributed by atoms with van der Waals surface area (Å²) in [6.07, 6.45) is 1.46. The summed E-state index contributed by atoms with van der Waals surface area (Å²) in [6.45, 7) is -0.658. The molecular weight excluding hydrogens is 318 g/mol. The quantitative estimate of drug-likeness (QED) is 0.855. The summed E-state index contributed by atoms with van der Waals surface area (Å²) in [7, 11) is 1.47. The number of amides is 2. The molecule has 8 heteroatoms. The monoisotopic (exact) mass is 327 g/mol. The number of halogens is 1. The van der Waals surface area contributed by atoms with Crippen molar-refractivity contribution in [3.8, 4) is 5.75 Å². The van der Waals surface area contributed by atoms with Gasteiger partial charge in [-0.25, -0.2) is 0 Å². The minimum atomic E-state index is -1.25. The highest BCUT2D eigenvalue weighted by molar-refractivity contribution is 8.18. The van der Waals surface area contributed by atoms with E-state index in [0.717, 1.165) is 0 Å². The number of methoxy groups -OCH3 is 1. The summed E-state index contributed by atoms with van der Waals surface area (Å²) in [5.74, 6) is -1.40. The second-order valence-electron chi connectivity index (χ2n) is 4.05. The molecule has 0 bridgehead atoms. The lowest BCUT2D eigenvalue weighted by Gasteiger charge is -2.08. The third kappa shape index (κ3) is 3.37. The van der Waals surface area contributed by atoms with E-state index < -0.39 is 23.7 Å². The van der Waals surface area contributed by atoms with Gasteiger partial charge >= 0.3 is 5.97 Å². The molecule has 110 valence electrons. The number of rotatable bonds is 4. The highest BCUT2D eigenvalue weighted by atomic mass is 35.5. The van der Waals surface area contributed by atoms with E-state index in [1.807, 2.05) is 0 Å². The number of thioether (sulfide) groups is 1. The molecular formula is C13H10ClNO5S. The standard InChI is InChI=1S/C13H10ClNO5S/c1-20-9-3-2-8(14)4-7(9)5-10-12(18)15(6-11(16)17)13(19)21-10/h2-5H,6H2,1H3,(H,16,17)/b10-5+. The number of imide groups is 1. The fourth-order valence-corrected chi connectivity index (χ4v) is 2.74. The van der Waals surface area contributed by atoms with Gasteiger partial charge in [0.1, 0.15) is 12.3 Å². The fourth-order valence-electron chi connectivity index (χ4n) is 1.73. The predicted molar refractivity (Wildman–Crippen MR) is 78.3 cm³/mol. The van der Waals surface area contributed by atoms with Gasteiger partial charge in [0, 0.05) is 10.6 Å². The van der Waals surface area contributed by atoms with Crippen LogP contribution in [0.3, 0.4) is 0 Å². The van der Waals surface area contributed by atoms with Crippen LogP contribution in [0.5, 0.6) is 5.75 Å². The van der Waals surface area contributed by atoms with Crippen molar-refractivity contribution >= 4 is 46.6 Å². The lowest BCUT2D eigenvalue weighted by Crippen LogP contribution is -2.33. The van der Waals surface area contributed by atoms with Crippen molar-refractivity contribution in [1.29, 1.82) is 0 Å². The number of hydrogen-bond acceptors (Lipinski definition) is 5. The third-order valence-corrected chi connectivity index (χ3v) is 3.79. The zero-order valence-corrected chi connectivity index (χ0v) is 12.4. The number of carbonyl (C=O) groups is 3. The molecule has 6 nitrogen and oxygen atoms in total. The Bertz CT molecular complexity index is 658. The van der Waals surface area contributed by atoms with E-state index in [-0.39, 0.29) is 4.91 Å². The van der Waals surface area contributed by atoms with Crippen molar-refractivity contribution < 1.29 is 24.2 Å². The van der Waals surface area contributed by atoms with Gasteiger partial charge in [0.15, 0.2) is 0 Å². The number of carboxylic acids is 1. The van der Waals surface area contributed by atoms with Gasteiger partial charge in [0.05, 0.1) is 12.0 Å². The average Bonchev–Trinajstić information content (AvgIpc) is 2.66. The third-order valence-electron chi connectivity index (χ3n) is 2.65. The van der Waals surface area contributed by atoms with Crippen LogP contribution in [0.2, 0.25) is 5.02 Å². The smallest absolute Gasteiger partial charge is 0.323 e. The van der Waals surface area contributed by atoms with E-state index >= 15 is 0 Å². The second-order valence-corrected chi connectivity index (χ2v) is 5.48. The van der Waals surface area contributed by atoms with Crippen molar-refractivity contribution in [2.75, 3.05) is 13.7 Å². The van der Waals surface area contributed by atoms with Crippen LogP contribution in [0.4, 0.5) is 4.79 Å². The number of ether oxygens (including phenoxy) is 1.